The number of benzene rings is 1. The van der Waals surface area contributed by atoms with Crippen LogP contribution in [0.5, 0.6) is 17.5 Å². The highest BCUT2D eigenvalue weighted by Gasteiger charge is 2.22. The molecular weight excluding hydrogens is 306 g/mol. The van der Waals surface area contributed by atoms with E-state index in [-0.39, 0.29) is 6.10 Å². The predicted molar refractivity (Wildman–Crippen MR) is 90.5 cm³/mol. The number of hydrogen-bond acceptors (Lipinski definition) is 6. The maximum Gasteiger partial charge on any atom is 0.316 e. The number of rotatable bonds is 6. The van der Waals surface area contributed by atoms with Gasteiger partial charge in [0.15, 0.2) is 5.75 Å². The molecule has 1 unspecified atom stereocenters. The molecule has 0 radical (unpaired) electrons. The van der Waals surface area contributed by atoms with E-state index >= 15 is 0 Å². The number of piperidine rings is 1. The lowest BCUT2D eigenvalue weighted by molar-refractivity contribution is 0.0769. The first-order chi connectivity index (χ1) is 11.8. The topological polar surface area (TPSA) is 56.7 Å². The Morgan fingerprint density at radius 3 is 2.67 bits per heavy atom. The van der Waals surface area contributed by atoms with Crippen LogP contribution in [-0.4, -0.2) is 48.3 Å². The summed E-state index contributed by atoms with van der Waals surface area (Å²) in [6, 6.07) is 8.60. The molecule has 3 rings (SSSR count). The molecule has 6 nitrogen and oxygen atoms in total. The number of likely N-dealkylation sites (tertiary alicyclic amines) is 1. The smallest absolute Gasteiger partial charge is 0.316 e. The molecule has 2 heterocycles. The van der Waals surface area contributed by atoms with Gasteiger partial charge in [0.1, 0.15) is 11.9 Å². The summed E-state index contributed by atoms with van der Waals surface area (Å²) in [4.78, 5) is 10.8. The van der Waals surface area contributed by atoms with Crippen LogP contribution in [0.25, 0.3) is 0 Å². The fourth-order valence-corrected chi connectivity index (χ4v) is 2.90. The van der Waals surface area contributed by atoms with Crippen molar-refractivity contribution >= 4 is 0 Å². The molecule has 1 saturated heterocycles. The maximum atomic E-state index is 5.92. The first-order valence-corrected chi connectivity index (χ1v) is 8.15. The Balaban J connectivity index is 1.57. The molecule has 24 heavy (non-hydrogen) atoms. The van der Waals surface area contributed by atoms with Crippen LogP contribution in [0.4, 0.5) is 0 Å². The van der Waals surface area contributed by atoms with Gasteiger partial charge in [0.2, 0.25) is 0 Å². The second-order valence-corrected chi connectivity index (χ2v) is 5.87. The van der Waals surface area contributed by atoms with Gasteiger partial charge in [-0.15, -0.1) is 0 Å². The van der Waals surface area contributed by atoms with E-state index in [4.69, 9.17) is 14.2 Å². The van der Waals surface area contributed by atoms with Gasteiger partial charge >= 0.3 is 6.01 Å². The Labute approximate surface area is 142 Å². The van der Waals surface area contributed by atoms with Crippen LogP contribution in [0, 0.1) is 0 Å². The summed E-state index contributed by atoms with van der Waals surface area (Å²) in [5, 5.41) is 0. The van der Waals surface area contributed by atoms with Crippen molar-refractivity contribution < 1.29 is 14.2 Å². The Hall–Kier alpha value is -2.34. The molecule has 0 aliphatic carbocycles. The molecule has 2 aromatic rings. The molecule has 128 valence electrons. The Bertz CT molecular complexity index is 648. The molecule has 0 amide bonds. The summed E-state index contributed by atoms with van der Waals surface area (Å²) in [5.41, 5.74) is 1.25. The third-order valence-corrected chi connectivity index (χ3v) is 4.11. The number of nitrogens with zero attached hydrogens (tertiary/aromatic N) is 3. The van der Waals surface area contributed by atoms with Crippen LogP contribution in [0.3, 0.4) is 0 Å². The van der Waals surface area contributed by atoms with Crippen molar-refractivity contribution in [1.29, 1.82) is 0 Å². The van der Waals surface area contributed by atoms with Crippen molar-refractivity contribution in [3.8, 4) is 17.5 Å². The molecule has 1 atom stereocenters. The molecular formula is C18H23N3O3. The zero-order valence-electron chi connectivity index (χ0n) is 14.1. The van der Waals surface area contributed by atoms with Crippen LogP contribution in [0.15, 0.2) is 36.7 Å². The Morgan fingerprint density at radius 1 is 1.12 bits per heavy atom. The summed E-state index contributed by atoms with van der Waals surface area (Å²) in [5.74, 6) is 1.52. The SMILES string of the molecule is COc1cnc(OC2CCCN(Cc3cccc(OC)c3)C2)nc1. The molecule has 1 aliphatic heterocycles. The minimum absolute atomic E-state index is 0.109. The zero-order chi connectivity index (χ0) is 16.8. The molecule has 0 spiro atoms. The zero-order valence-corrected chi connectivity index (χ0v) is 14.1. The predicted octanol–water partition coefficient (Wildman–Crippen LogP) is 2.54. The largest absolute Gasteiger partial charge is 0.497 e. The number of methoxy groups -OCH3 is 2. The first kappa shape index (κ1) is 16.5. The highest BCUT2D eigenvalue weighted by Crippen LogP contribution is 2.20. The molecule has 1 aromatic heterocycles. The molecule has 1 aromatic carbocycles. The number of aromatic nitrogens is 2. The fourth-order valence-electron chi connectivity index (χ4n) is 2.90. The van der Waals surface area contributed by atoms with E-state index < -0.39 is 0 Å². The normalized spacial score (nSPS) is 18.2. The average molecular weight is 329 g/mol. The second-order valence-electron chi connectivity index (χ2n) is 5.87. The number of hydrogen-bond donors (Lipinski definition) is 0. The van der Waals surface area contributed by atoms with E-state index in [0.717, 1.165) is 38.2 Å². The molecule has 0 N–H and O–H groups in total. The Morgan fingerprint density at radius 2 is 1.92 bits per heavy atom. The van der Waals surface area contributed by atoms with Gasteiger partial charge in [-0.3, -0.25) is 4.90 Å². The van der Waals surface area contributed by atoms with Gasteiger partial charge in [-0.05, 0) is 37.1 Å². The highest BCUT2D eigenvalue weighted by atomic mass is 16.5. The lowest BCUT2D eigenvalue weighted by Crippen LogP contribution is -2.40. The summed E-state index contributed by atoms with van der Waals surface area (Å²) in [6.07, 6.45) is 5.48. The maximum absolute atomic E-state index is 5.92. The van der Waals surface area contributed by atoms with Gasteiger partial charge in [-0.25, -0.2) is 0 Å². The van der Waals surface area contributed by atoms with Crippen molar-refractivity contribution in [2.45, 2.75) is 25.5 Å². The lowest BCUT2D eigenvalue weighted by Gasteiger charge is -2.32. The second kappa shape index (κ2) is 7.97. The van der Waals surface area contributed by atoms with Gasteiger partial charge in [-0.2, -0.15) is 9.97 Å². The van der Waals surface area contributed by atoms with Crippen LogP contribution < -0.4 is 14.2 Å². The van der Waals surface area contributed by atoms with Crippen molar-refractivity contribution in [3.63, 3.8) is 0 Å². The fraction of sp³-hybridized carbons (Fsp3) is 0.444. The molecule has 6 heteroatoms. The first-order valence-electron chi connectivity index (χ1n) is 8.15. The van der Waals surface area contributed by atoms with Crippen LogP contribution >= 0.6 is 0 Å². The van der Waals surface area contributed by atoms with Gasteiger partial charge in [0, 0.05) is 13.1 Å². The molecule has 0 saturated carbocycles. The van der Waals surface area contributed by atoms with Crippen LogP contribution in [-0.2, 0) is 6.54 Å². The molecule has 1 aliphatic rings. The third-order valence-electron chi connectivity index (χ3n) is 4.11. The summed E-state index contributed by atoms with van der Waals surface area (Å²) >= 11 is 0. The summed E-state index contributed by atoms with van der Waals surface area (Å²) in [6.45, 7) is 2.83. The molecule has 0 bridgehead atoms. The quantitative estimate of drug-likeness (QED) is 0.812. The number of ether oxygens (including phenoxy) is 3. The van der Waals surface area contributed by atoms with E-state index in [1.165, 1.54) is 5.56 Å². The van der Waals surface area contributed by atoms with Gasteiger partial charge in [-0.1, -0.05) is 12.1 Å². The van der Waals surface area contributed by atoms with Gasteiger partial charge < -0.3 is 14.2 Å². The minimum Gasteiger partial charge on any atom is -0.497 e. The van der Waals surface area contributed by atoms with E-state index in [2.05, 4.69) is 27.0 Å². The summed E-state index contributed by atoms with van der Waals surface area (Å²) in [7, 11) is 3.29. The minimum atomic E-state index is 0.109. The van der Waals surface area contributed by atoms with Crippen molar-refractivity contribution in [3.05, 3.63) is 42.2 Å². The van der Waals surface area contributed by atoms with E-state index in [1.54, 1.807) is 26.6 Å². The Kier molecular flexibility index (Phi) is 5.48. The van der Waals surface area contributed by atoms with E-state index in [9.17, 15) is 0 Å². The van der Waals surface area contributed by atoms with Crippen molar-refractivity contribution in [2.75, 3.05) is 27.3 Å². The monoisotopic (exact) mass is 329 g/mol. The van der Waals surface area contributed by atoms with Gasteiger partial charge in [0.25, 0.3) is 0 Å². The third kappa shape index (κ3) is 4.35. The van der Waals surface area contributed by atoms with Crippen molar-refractivity contribution in [1.82, 2.24) is 14.9 Å². The van der Waals surface area contributed by atoms with Crippen LogP contribution in [0.2, 0.25) is 0 Å². The van der Waals surface area contributed by atoms with E-state index in [1.807, 2.05) is 12.1 Å². The van der Waals surface area contributed by atoms with Crippen LogP contribution in [0.1, 0.15) is 18.4 Å². The summed E-state index contributed by atoms with van der Waals surface area (Å²) < 4.78 is 16.3. The molecule has 1 fully saturated rings. The highest BCUT2D eigenvalue weighted by molar-refractivity contribution is 5.28. The van der Waals surface area contributed by atoms with Gasteiger partial charge in [0.05, 0.1) is 26.6 Å². The lowest BCUT2D eigenvalue weighted by atomic mass is 10.1. The van der Waals surface area contributed by atoms with E-state index in [0.29, 0.717) is 11.8 Å². The average Bonchev–Trinajstić information content (AvgIpc) is 2.63. The van der Waals surface area contributed by atoms with Crippen molar-refractivity contribution in [2.24, 2.45) is 0 Å². The standard InChI is InChI=1S/C18H23N3O3/c1-22-15-6-3-5-14(9-15)12-21-8-4-7-16(13-21)24-18-19-10-17(23-2)11-20-18/h3,5-6,9-11,16H,4,7-8,12-13H2,1-2H3.